The molecule has 0 spiro atoms. The Morgan fingerprint density at radius 2 is 1.96 bits per heavy atom. The second-order valence-electron chi connectivity index (χ2n) is 6.85. The van der Waals surface area contributed by atoms with Crippen LogP contribution in [0.4, 0.5) is 5.13 Å². The van der Waals surface area contributed by atoms with Crippen LogP contribution in [0.1, 0.15) is 38.7 Å². The lowest BCUT2D eigenvalue weighted by atomic mass is 10.1. The molecule has 0 saturated carbocycles. The summed E-state index contributed by atoms with van der Waals surface area (Å²) in [6.07, 6.45) is 3.42. The highest BCUT2D eigenvalue weighted by atomic mass is 32.1. The molecule has 7 nitrogen and oxygen atoms in total. The minimum atomic E-state index is -0.519. The van der Waals surface area contributed by atoms with Crippen LogP contribution in [0.15, 0.2) is 18.2 Å². The van der Waals surface area contributed by atoms with E-state index in [4.69, 9.17) is 0 Å². The summed E-state index contributed by atoms with van der Waals surface area (Å²) in [5.41, 5.74) is 1.62. The van der Waals surface area contributed by atoms with E-state index in [1.165, 1.54) is 18.3 Å². The standard InChI is InChI=1S/C19H24N4O3S/c1-12(18(26)23-8-4-3-5-9-23)20-17(25)11-14-6-7-15-16(10-14)27-19(22-15)21-13(2)24/h6-7,10,12H,3-5,8-9,11H2,1-2H3,(H,20,25)(H,21,22,24)/t12-/m1/s1. The first-order chi connectivity index (χ1) is 12.9. The highest BCUT2D eigenvalue weighted by Gasteiger charge is 2.23. The van der Waals surface area contributed by atoms with Gasteiger partial charge in [0.2, 0.25) is 17.7 Å². The first-order valence-electron chi connectivity index (χ1n) is 9.17. The number of benzene rings is 1. The predicted molar refractivity (Wildman–Crippen MR) is 106 cm³/mol. The maximum Gasteiger partial charge on any atom is 0.244 e. The molecule has 2 N–H and O–H groups in total. The van der Waals surface area contributed by atoms with Crippen LogP contribution in [0.2, 0.25) is 0 Å². The fourth-order valence-corrected chi connectivity index (χ4v) is 4.19. The maximum atomic E-state index is 12.4. The van der Waals surface area contributed by atoms with E-state index in [2.05, 4.69) is 15.6 Å². The maximum absolute atomic E-state index is 12.4. The third kappa shape index (κ3) is 5.03. The highest BCUT2D eigenvalue weighted by molar-refractivity contribution is 7.22. The number of rotatable bonds is 5. The molecule has 2 heterocycles. The Hall–Kier alpha value is -2.48. The van der Waals surface area contributed by atoms with Gasteiger partial charge in [-0.3, -0.25) is 14.4 Å². The SMILES string of the molecule is CC(=O)Nc1nc2ccc(CC(=O)N[C@H](C)C(=O)N3CCCCC3)cc2s1. The van der Waals surface area contributed by atoms with Crippen LogP contribution >= 0.6 is 11.3 Å². The van der Waals surface area contributed by atoms with Gasteiger partial charge in [0.1, 0.15) is 6.04 Å². The largest absolute Gasteiger partial charge is 0.344 e. The number of thiazole rings is 1. The lowest BCUT2D eigenvalue weighted by Crippen LogP contribution is -2.48. The smallest absolute Gasteiger partial charge is 0.244 e. The van der Waals surface area contributed by atoms with E-state index in [0.717, 1.165) is 48.1 Å². The molecule has 1 aliphatic heterocycles. The molecule has 2 aromatic rings. The van der Waals surface area contributed by atoms with Gasteiger partial charge in [-0.05, 0) is 43.9 Å². The Kier molecular flexibility index (Phi) is 6.05. The molecule has 1 aromatic heterocycles. The van der Waals surface area contributed by atoms with Crippen LogP contribution in [-0.4, -0.2) is 46.7 Å². The number of aromatic nitrogens is 1. The van der Waals surface area contributed by atoms with Crippen molar-refractivity contribution in [1.82, 2.24) is 15.2 Å². The lowest BCUT2D eigenvalue weighted by molar-refractivity contribution is -0.136. The van der Waals surface area contributed by atoms with Crippen molar-refractivity contribution in [2.24, 2.45) is 0 Å². The third-order valence-electron chi connectivity index (χ3n) is 4.52. The van der Waals surface area contributed by atoms with Gasteiger partial charge in [0.05, 0.1) is 16.6 Å². The lowest BCUT2D eigenvalue weighted by Gasteiger charge is -2.29. The summed E-state index contributed by atoms with van der Waals surface area (Å²) < 4.78 is 0.904. The van der Waals surface area contributed by atoms with Crippen LogP contribution in [-0.2, 0) is 20.8 Å². The number of anilines is 1. The summed E-state index contributed by atoms with van der Waals surface area (Å²) in [5, 5.41) is 6.02. The zero-order valence-corrected chi connectivity index (χ0v) is 16.4. The predicted octanol–water partition coefficient (Wildman–Crippen LogP) is 2.31. The summed E-state index contributed by atoms with van der Waals surface area (Å²) in [6.45, 7) is 4.73. The highest BCUT2D eigenvalue weighted by Crippen LogP contribution is 2.27. The van der Waals surface area contributed by atoms with Gasteiger partial charge in [-0.2, -0.15) is 0 Å². The van der Waals surface area contributed by atoms with Gasteiger partial charge in [0.15, 0.2) is 5.13 Å². The van der Waals surface area contributed by atoms with Crippen molar-refractivity contribution in [3.05, 3.63) is 23.8 Å². The zero-order chi connectivity index (χ0) is 19.4. The monoisotopic (exact) mass is 388 g/mol. The second-order valence-corrected chi connectivity index (χ2v) is 7.88. The number of nitrogens with one attached hydrogen (secondary N) is 2. The van der Waals surface area contributed by atoms with Gasteiger partial charge in [-0.25, -0.2) is 4.98 Å². The number of fused-ring (bicyclic) bond motifs is 1. The van der Waals surface area contributed by atoms with E-state index < -0.39 is 6.04 Å². The van der Waals surface area contributed by atoms with E-state index in [1.54, 1.807) is 6.92 Å². The van der Waals surface area contributed by atoms with Gasteiger partial charge in [0, 0.05) is 20.0 Å². The van der Waals surface area contributed by atoms with Crippen molar-refractivity contribution in [1.29, 1.82) is 0 Å². The molecule has 1 aromatic carbocycles. The molecule has 0 radical (unpaired) electrons. The Morgan fingerprint density at radius 3 is 2.67 bits per heavy atom. The molecular weight excluding hydrogens is 364 g/mol. The quantitative estimate of drug-likeness (QED) is 0.822. The van der Waals surface area contributed by atoms with Gasteiger partial charge < -0.3 is 15.5 Å². The minimum Gasteiger partial charge on any atom is -0.344 e. The van der Waals surface area contributed by atoms with Crippen molar-refractivity contribution in [2.45, 2.75) is 45.6 Å². The molecule has 0 aliphatic carbocycles. The molecule has 3 rings (SSSR count). The van der Waals surface area contributed by atoms with Crippen LogP contribution in [0, 0.1) is 0 Å². The van der Waals surface area contributed by atoms with Crippen LogP contribution in [0.5, 0.6) is 0 Å². The Bertz CT molecular complexity index is 858. The van der Waals surface area contributed by atoms with Crippen LogP contribution in [0.3, 0.4) is 0 Å². The molecule has 0 bridgehead atoms. The number of likely N-dealkylation sites (tertiary alicyclic amines) is 1. The summed E-state index contributed by atoms with van der Waals surface area (Å²) in [6, 6.07) is 5.06. The minimum absolute atomic E-state index is 0.0130. The normalized spacial score (nSPS) is 15.4. The van der Waals surface area contributed by atoms with Crippen molar-refractivity contribution < 1.29 is 14.4 Å². The van der Waals surface area contributed by atoms with E-state index in [0.29, 0.717) is 5.13 Å². The second kappa shape index (κ2) is 8.47. The third-order valence-corrected chi connectivity index (χ3v) is 5.45. The fourth-order valence-electron chi connectivity index (χ4n) is 3.21. The van der Waals surface area contributed by atoms with Crippen molar-refractivity contribution >= 4 is 44.4 Å². The van der Waals surface area contributed by atoms with Gasteiger partial charge in [-0.15, -0.1) is 0 Å². The summed E-state index contributed by atoms with van der Waals surface area (Å²) in [7, 11) is 0. The number of nitrogens with zero attached hydrogens (tertiary/aromatic N) is 2. The first-order valence-corrected chi connectivity index (χ1v) is 9.99. The van der Waals surface area contributed by atoms with E-state index in [-0.39, 0.29) is 24.1 Å². The first kappa shape index (κ1) is 19.3. The van der Waals surface area contributed by atoms with Crippen molar-refractivity contribution in [3.8, 4) is 0 Å². The summed E-state index contributed by atoms with van der Waals surface area (Å²) >= 11 is 1.37. The summed E-state index contributed by atoms with van der Waals surface area (Å²) in [5.74, 6) is -0.360. The number of carbonyl (C=O) groups excluding carboxylic acids is 3. The topological polar surface area (TPSA) is 91.4 Å². The number of amides is 3. The van der Waals surface area contributed by atoms with Gasteiger partial charge in [-0.1, -0.05) is 17.4 Å². The van der Waals surface area contributed by atoms with Crippen LogP contribution in [0.25, 0.3) is 10.2 Å². The molecule has 1 atom stereocenters. The number of hydrogen-bond donors (Lipinski definition) is 2. The van der Waals surface area contributed by atoms with E-state index in [1.807, 2.05) is 23.1 Å². The molecular formula is C19H24N4O3S. The van der Waals surface area contributed by atoms with Gasteiger partial charge in [0.25, 0.3) is 0 Å². The Morgan fingerprint density at radius 1 is 1.22 bits per heavy atom. The van der Waals surface area contributed by atoms with Crippen molar-refractivity contribution in [3.63, 3.8) is 0 Å². The number of piperidine rings is 1. The van der Waals surface area contributed by atoms with Crippen molar-refractivity contribution in [2.75, 3.05) is 18.4 Å². The number of carbonyl (C=O) groups is 3. The molecule has 0 unspecified atom stereocenters. The van der Waals surface area contributed by atoms with Gasteiger partial charge >= 0.3 is 0 Å². The van der Waals surface area contributed by atoms with Crippen LogP contribution < -0.4 is 10.6 Å². The molecule has 1 saturated heterocycles. The molecule has 1 fully saturated rings. The molecule has 27 heavy (non-hydrogen) atoms. The fraction of sp³-hybridized carbons (Fsp3) is 0.474. The molecule has 1 aliphatic rings. The zero-order valence-electron chi connectivity index (χ0n) is 15.6. The van der Waals surface area contributed by atoms with E-state index >= 15 is 0 Å². The Labute approximate surface area is 162 Å². The molecule has 8 heteroatoms. The average molecular weight is 388 g/mol. The molecule has 3 amide bonds. The Balaban J connectivity index is 1.59. The molecule has 144 valence electrons. The average Bonchev–Trinajstić information content (AvgIpc) is 3.02. The summed E-state index contributed by atoms with van der Waals surface area (Å²) in [4.78, 5) is 42.1. The van der Waals surface area contributed by atoms with E-state index in [9.17, 15) is 14.4 Å². The number of hydrogen-bond acceptors (Lipinski definition) is 5.